The van der Waals surface area contributed by atoms with Crippen molar-refractivity contribution in [1.82, 2.24) is 19.9 Å². The van der Waals surface area contributed by atoms with Crippen LogP contribution in [0.1, 0.15) is 16.8 Å². The van der Waals surface area contributed by atoms with Crippen molar-refractivity contribution in [3.05, 3.63) is 76.0 Å². The summed E-state index contributed by atoms with van der Waals surface area (Å²) in [6, 6.07) is 11.7. The van der Waals surface area contributed by atoms with Crippen molar-refractivity contribution in [3.8, 4) is 17.1 Å². The van der Waals surface area contributed by atoms with E-state index in [-0.39, 0.29) is 5.56 Å². The number of hydrogen-bond acceptors (Lipinski definition) is 5. The molecule has 26 heavy (non-hydrogen) atoms. The average Bonchev–Trinajstić information content (AvgIpc) is 2.69. The fourth-order valence-corrected chi connectivity index (χ4v) is 3.34. The molecule has 0 amide bonds. The molecule has 2 aromatic heterocycles. The van der Waals surface area contributed by atoms with Crippen LogP contribution in [0.4, 0.5) is 0 Å². The first-order valence-electron chi connectivity index (χ1n) is 8.61. The standard InChI is InChI=1S/C20H20N4O2/c1-26-18-5-3-2-4-15(18)12-24-11-8-17-16(13-24)20(25)23-19(22-17)14-6-9-21-10-7-14/h2-7,9-10H,8,11-13H2,1H3,(H,22,23,25). The molecule has 0 fully saturated rings. The number of aromatic amines is 1. The number of rotatable bonds is 4. The minimum Gasteiger partial charge on any atom is -0.496 e. The minimum atomic E-state index is -0.0634. The molecule has 1 aliphatic heterocycles. The first-order chi connectivity index (χ1) is 12.7. The zero-order chi connectivity index (χ0) is 17.9. The van der Waals surface area contributed by atoms with E-state index in [9.17, 15) is 4.79 Å². The lowest BCUT2D eigenvalue weighted by Crippen LogP contribution is -2.35. The average molecular weight is 348 g/mol. The summed E-state index contributed by atoms with van der Waals surface area (Å²) in [7, 11) is 1.68. The van der Waals surface area contributed by atoms with E-state index in [1.54, 1.807) is 19.5 Å². The van der Waals surface area contributed by atoms with Gasteiger partial charge in [0.2, 0.25) is 0 Å². The molecule has 1 aliphatic rings. The molecule has 0 spiro atoms. The van der Waals surface area contributed by atoms with E-state index < -0.39 is 0 Å². The van der Waals surface area contributed by atoms with Crippen LogP contribution in [-0.2, 0) is 19.5 Å². The molecule has 1 N–H and O–H groups in total. The number of H-pyrrole nitrogens is 1. The number of nitrogens with one attached hydrogen (secondary N) is 1. The van der Waals surface area contributed by atoms with E-state index in [2.05, 4.69) is 25.9 Å². The summed E-state index contributed by atoms with van der Waals surface area (Å²) in [4.78, 5) is 26.5. The molecular weight excluding hydrogens is 328 g/mol. The number of hydrogen-bond donors (Lipinski definition) is 1. The molecule has 0 saturated heterocycles. The molecular formula is C20H20N4O2. The second kappa shape index (κ2) is 7.09. The number of pyridine rings is 1. The van der Waals surface area contributed by atoms with Crippen molar-refractivity contribution in [2.45, 2.75) is 19.5 Å². The largest absolute Gasteiger partial charge is 0.496 e. The fourth-order valence-electron chi connectivity index (χ4n) is 3.34. The van der Waals surface area contributed by atoms with E-state index in [4.69, 9.17) is 4.74 Å². The molecule has 0 unspecified atom stereocenters. The van der Waals surface area contributed by atoms with Gasteiger partial charge in [0.05, 0.1) is 18.4 Å². The van der Waals surface area contributed by atoms with Gasteiger partial charge in [0, 0.05) is 49.6 Å². The molecule has 3 aromatic rings. The Morgan fingerprint density at radius 1 is 1.19 bits per heavy atom. The molecule has 0 bridgehead atoms. The van der Waals surface area contributed by atoms with Crippen molar-refractivity contribution < 1.29 is 4.74 Å². The highest BCUT2D eigenvalue weighted by atomic mass is 16.5. The summed E-state index contributed by atoms with van der Waals surface area (Å²) in [6.45, 7) is 2.19. The van der Waals surface area contributed by atoms with Gasteiger partial charge in [-0.3, -0.25) is 14.7 Å². The molecule has 1 aromatic carbocycles. The molecule has 0 aliphatic carbocycles. The fraction of sp³-hybridized carbons (Fsp3) is 0.250. The van der Waals surface area contributed by atoms with E-state index in [1.165, 1.54) is 0 Å². The lowest BCUT2D eigenvalue weighted by molar-refractivity contribution is 0.238. The van der Waals surface area contributed by atoms with E-state index >= 15 is 0 Å². The van der Waals surface area contributed by atoms with Crippen LogP contribution < -0.4 is 10.3 Å². The third-order valence-electron chi connectivity index (χ3n) is 4.69. The first kappa shape index (κ1) is 16.5. The normalized spacial score (nSPS) is 14.0. The van der Waals surface area contributed by atoms with Crippen LogP contribution in [0.2, 0.25) is 0 Å². The summed E-state index contributed by atoms with van der Waals surface area (Å²) in [6.07, 6.45) is 4.15. The van der Waals surface area contributed by atoms with Gasteiger partial charge in [0.25, 0.3) is 5.56 Å². The van der Waals surface area contributed by atoms with Gasteiger partial charge >= 0.3 is 0 Å². The Kier molecular flexibility index (Phi) is 4.50. The number of methoxy groups -OCH3 is 1. The van der Waals surface area contributed by atoms with Gasteiger partial charge < -0.3 is 9.72 Å². The maximum Gasteiger partial charge on any atom is 0.255 e. The van der Waals surface area contributed by atoms with Crippen molar-refractivity contribution in [2.75, 3.05) is 13.7 Å². The number of para-hydroxylation sites is 1. The van der Waals surface area contributed by atoms with Crippen molar-refractivity contribution in [3.63, 3.8) is 0 Å². The van der Waals surface area contributed by atoms with Crippen molar-refractivity contribution in [1.29, 1.82) is 0 Å². The third-order valence-corrected chi connectivity index (χ3v) is 4.69. The quantitative estimate of drug-likeness (QED) is 0.784. The molecule has 3 heterocycles. The summed E-state index contributed by atoms with van der Waals surface area (Å²) in [5, 5.41) is 0. The molecule has 4 rings (SSSR count). The minimum absolute atomic E-state index is 0.0634. The molecule has 0 radical (unpaired) electrons. The van der Waals surface area contributed by atoms with Crippen LogP contribution in [0.15, 0.2) is 53.6 Å². The second-order valence-electron chi connectivity index (χ2n) is 6.35. The molecule has 6 heteroatoms. The monoisotopic (exact) mass is 348 g/mol. The highest BCUT2D eigenvalue weighted by Gasteiger charge is 2.22. The number of ether oxygens (including phenoxy) is 1. The summed E-state index contributed by atoms with van der Waals surface area (Å²) in [5.41, 5.74) is 3.57. The zero-order valence-corrected chi connectivity index (χ0v) is 14.6. The first-order valence-corrected chi connectivity index (χ1v) is 8.61. The second-order valence-corrected chi connectivity index (χ2v) is 6.35. The zero-order valence-electron chi connectivity index (χ0n) is 14.6. The van der Waals surface area contributed by atoms with E-state index in [1.807, 2.05) is 30.3 Å². The molecule has 0 atom stereocenters. The Labute approximate surface area is 151 Å². The van der Waals surface area contributed by atoms with Crippen LogP contribution >= 0.6 is 0 Å². The molecule has 132 valence electrons. The van der Waals surface area contributed by atoms with Crippen LogP contribution in [0.25, 0.3) is 11.4 Å². The summed E-state index contributed by atoms with van der Waals surface area (Å²) in [5.74, 6) is 1.48. The van der Waals surface area contributed by atoms with Gasteiger partial charge in [-0.05, 0) is 18.2 Å². The Morgan fingerprint density at radius 2 is 2.00 bits per heavy atom. The van der Waals surface area contributed by atoms with Gasteiger partial charge in [-0.25, -0.2) is 4.98 Å². The Morgan fingerprint density at radius 3 is 2.81 bits per heavy atom. The predicted octanol–water partition coefficient (Wildman–Crippen LogP) is 2.40. The van der Waals surface area contributed by atoms with Gasteiger partial charge in [-0.2, -0.15) is 0 Å². The Bertz CT molecular complexity index is 969. The highest BCUT2D eigenvalue weighted by Crippen LogP contribution is 2.23. The third kappa shape index (κ3) is 3.23. The van der Waals surface area contributed by atoms with Crippen LogP contribution in [0.5, 0.6) is 5.75 Å². The SMILES string of the molecule is COc1ccccc1CN1CCc2nc(-c3ccncc3)[nH]c(=O)c2C1. The van der Waals surface area contributed by atoms with Gasteiger partial charge in [-0.1, -0.05) is 18.2 Å². The Balaban J connectivity index is 1.59. The van der Waals surface area contributed by atoms with E-state index in [0.717, 1.165) is 47.6 Å². The van der Waals surface area contributed by atoms with Crippen molar-refractivity contribution in [2.24, 2.45) is 0 Å². The highest BCUT2D eigenvalue weighted by molar-refractivity contribution is 5.54. The molecule has 0 saturated carbocycles. The topological polar surface area (TPSA) is 71.1 Å². The summed E-state index contributed by atoms with van der Waals surface area (Å²) >= 11 is 0. The maximum absolute atomic E-state index is 12.6. The summed E-state index contributed by atoms with van der Waals surface area (Å²) < 4.78 is 5.43. The number of aromatic nitrogens is 3. The van der Waals surface area contributed by atoms with Crippen LogP contribution in [-0.4, -0.2) is 33.5 Å². The van der Waals surface area contributed by atoms with Crippen LogP contribution in [0.3, 0.4) is 0 Å². The van der Waals surface area contributed by atoms with Gasteiger partial charge in [0.1, 0.15) is 11.6 Å². The van der Waals surface area contributed by atoms with Crippen LogP contribution in [0, 0.1) is 0 Å². The smallest absolute Gasteiger partial charge is 0.255 e. The van der Waals surface area contributed by atoms with Crippen molar-refractivity contribution >= 4 is 0 Å². The lowest BCUT2D eigenvalue weighted by atomic mass is 10.1. The number of fused-ring (bicyclic) bond motifs is 1. The Hall–Kier alpha value is -2.99. The van der Waals surface area contributed by atoms with Gasteiger partial charge in [-0.15, -0.1) is 0 Å². The van der Waals surface area contributed by atoms with E-state index in [0.29, 0.717) is 12.4 Å². The number of nitrogens with zero attached hydrogens (tertiary/aromatic N) is 3. The number of benzene rings is 1. The lowest BCUT2D eigenvalue weighted by Gasteiger charge is -2.28. The van der Waals surface area contributed by atoms with Gasteiger partial charge in [0.15, 0.2) is 0 Å². The predicted molar refractivity (Wildman–Crippen MR) is 98.9 cm³/mol. The maximum atomic E-state index is 12.6. The molecule has 6 nitrogen and oxygen atoms in total.